The van der Waals surface area contributed by atoms with Gasteiger partial charge in [0.2, 0.25) is 0 Å². The Balaban J connectivity index is 1.84. The highest BCUT2D eigenvalue weighted by Crippen LogP contribution is 2.30. The van der Waals surface area contributed by atoms with Crippen molar-refractivity contribution < 1.29 is 14.7 Å². The highest BCUT2D eigenvalue weighted by atomic mass is 16.7. The summed E-state index contributed by atoms with van der Waals surface area (Å²) in [6.45, 7) is 1.88. The monoisotopic (exact) mass is 258 g/mol. The molecule has 1 aliphatic rings. The van der Waals surface area contributed by atoms with Crippen LogP contribution in [0.4, 0.5) is 0 Å². The summed E-state index contributed by atoms with van der Waals surface area (Å²) in [5.41, 5.74) is 1.68. The number of carboxylic acids is 1. The summed E-state index contributed by atoms with van der Waals surface area (Å²) in [5.74, 6) is -1.01. The van der Waals surface area contributed by atoms with Crippen molar-refractivity contribution in [2.45, 2.75) is 25.4 Å². The van der Waals surface area contributed by atoms with E-state index in [0.29, 0.717) is 12.8 Å². The molecule has 5 nitrogen and oxygen atoms in total. The van der Waals surface area contributed by atoms with E-state index in [9.17, 15) is 4.79 Å². The van der Waals surface area contributed by atoms with E-state index in [1.807, 2.05) is 37.4 Å². The van der Waals surface area contributed by atoms with Gasteiger partial charge in [-0.15, -0.1) is 0 Å². The average Bonchev–Trinajstić information content (AvgIpc) is 2.95. The first-order valence-electron chi connectivity index (χ1n) is 6.11. The number of oxime groups is 1. The summed E-state index contributed by atoms with van der Waals surface area (Å²) >= 11 is 0. The Morgan fingerprint density at radius 3 is 3.05 bits per heavy atom. The van der Waals surface area contributed by atoms with Crippen LogP contribution < -0.4 is 0 Å². The summed E-state index contributed by atoms with van der Waals surface area (Å²) in [6.07, 6.45) is 2.89. The normalized spacial score (nSPS) is 22.3. The average molecular weight is 258 g/mol. The van der Waals surface area contributed by atoms with E-state index in [-0.39, 0.29) is 5.71 Å². The van der Waals surface area contributed by atoms with Gasteiger partial charge in [0.15, 0.2) is 5.71 Å². The van der Waals surface area contributed by atoms with Gasteiger partial charge in [-0.1, -0.05) is 23.4 Å². The van der Waals surface area contributed by atoms with Crippen LogP contribution in [-0.4, -0.2) is 27.4 Å². The third-order valence-electron chi connectivity index (χ3n) is 3.40. The molecule has 0 saturated heterocycles. The molecule has 2 N–H and O–H groups in total. The lowest BCUT2D eigenvalue weighted by atomic mass is 9.91. The number of carboxylic acid groups (broad SMARTS) is 1. The number of hydrogen-bond donors (Lipinski definition) is 2. The molecule has 3 rings (SSSR count). The number of benzene rings is 1. The number of aliphatic carboxylic acids is 1. The van der Waals surface area contributed by atoms with Gasteiger partial charge in [-0.2, -0.15) is 0 Å². The predicted molar refractivity (Wildman–Crippen MR) is 71.2 cm³/mol. The molecule has 0 bridgehead atoms. The minimum absolute atomic E-state index is 0.0855. The number of carbonyl (C=O) groups is 1. The molecule has 0 radical (unpaired) electrons. The van der Waals surface area contributed by atoms with Gasteiger partial charge < -0.3 is 14.9 Å². The van der Waals surface area contributed by atoms with Crippen LogP contribution in [0.15, 0.2) is 35.6 Å². The second kappa shape index (κ2) is 4.12. The maximum atomic E-state index is 10.9. The standard InChI is InChI=1S/C14H14N2O3/c1-14(7-12(13(17)18)16-19-14)6-9-8-15-11-5-3-2-4-10(9)11/h2-5,8,15H,6-7H2,1H3,(H,17,18)/t14-/m0/s1. The topological polar surface area (TPSA) is 74.7 Å². The van der Waals surface area contributed by atoms with Crippen LogP contribution in [-0.2, 0) is 16.1 Å². The van der Waals surface area contributed by atoms with Crippen molar-refractivity contribution in [3.63, 3.8) is 0 Å². The number of hydrogen-bond acceptors (Lipinski definition) is 3. The maximum Gasteiger partial charge on any atom is 0.353 e. The molecule has 0 aliphatic carbocycles. The molecule has 1 aromatic carbocycles. The summed E-state index contributed by atoms with van der Waals surface area (Å²) < 4.78 is 0. The second-order valence-corrected chi connectivity index (χ2v) is 5.10. The Hall–Kier alpha value is -2.30. The van der Waals surface area contributed by atoms with Crippen molar-refractivity contribution in [3.05, 3.63) is 36.0 Å². The first-order valence-corrected chi connectivity index (χ1v) is 6.11. The number of nitrogens with zero attached hydrogens (tertiary/aromatic N) is 1. The van der Waals surface area contributed by atoms with Crippen LogP contribution in [0.5, 0.6) is 0 Å². The lowest BCUT2D eigenvalue weighted by Gasteiger charge is -2.20. The number of aromatic amines is 1. The molecular formula is C14H14N2O3. The minimum atomic E-state index is -1.01. The van der Waals surface area contributed by atoms with Crippen molar-refractivity contribution in [2.75, 3.05) is 0 Å². The molecule has 98 valence electrons. The molecule has 0 amide bonds. The molecule has 0 fully saturated rings. The van der Waals surface area contributed by atoms with Crippen LogP contribution in [0, 0.1) is 0 Å². The number of fused-ring (bicyclic) bond motifs is 1. The summed E-state index contributed by atoms with van der Waals surface area (Å²) in [4.78, 5) is 19.4. The molecule has 2 aromatic rings. The van der Waals surface area contributed by atoms with Gasteiger partial charge in [-0.25, -0.2) is 4.79 Å². The molecule has 19 heavy (non-hydrogen) atoms. The van der Waals surface area contributed by atoms with Crippen molar-refractivity contribution >= 4 is 22.6 Å². The van der Waals surface area contributed by atoms with Crippen LogP contribution in [0.1, 0.15) is 18.9 Å². The zero-order valence-electron chi connectivity index (χ0n) is 10.5. The van der Waals surface area contributed by atoms with E-state index in [1.165, 1.54) is 0 Å². The van der Waals surface area contributed by atoms with Gasteiger partial charge >= 0.3 is 5.97 Å². The van der Waals surface area contributed by atoms with Crippen LogP contribution in [0.3, 0.4) is 0 Å². The number of H-pyrrole nitrogens is 1. The molecule has 5 heteroatoms. The highest BCUT2D eigenvalue weighted by Gasteiger charge is 2.37. The Morgan fingerprint density at radius 2 is 2.32 bits per heavy atom. The smallest absolute Gasteiger partial charge is 0.353 e. The first-order chi connectivity index (χ1) is 9.07. The van der Waals surface area contributed by atoms with Gasteiger partial charge in [0.05, 0.1) is 0 Å². The quantitative estimate of drug-likeness (QED) is 0.887. The Bertz CT molecular complexity index is 674. The number of rotatable bonds is 3. The lowest BCUT2D eigenvalue weighted by molar-refractivity contribution is -0.129. The van der Waals surface area contributed by atoms with E-state index < -0.39 is 11.6 Å². The predicted octanol–water partition coefficient (Wildman–Crippen LogP) is 2.33. The van der Waals surface area contributed by atoms with E-state index in [1.54, 1.807) is 0 Å². The van der Waals surface area contributed by atoms with E-state index in [2.05, 4.69) is 10.1 Å². The van der Waals surface area contributed by atoms with Gasteiger partial charge in [0.25, 0.3) is 0 Å². The SMILES string of the molecule is C[C@]1(Cc2c[nH]c3ccccc23)CC(C(=O)O)=NO1. The zero-order valence-corrected chi connectivity index (χ0v) is 10.5. The Labute approximate surface area is 109 Å². The summed E-state index contributed by atoms with van der Waals surface area (Å²) in [7, 11) is 0. The van der Waals surface area contributed by atoms with Crippen LogP contribution in [0.2, 0.25) is 0 Å². The van der Waals surface area contributed by atoms with Gasteiger partial charge in [0, 0.05) is 29.9 Å². The summed E-state index contributed by atoms with van der Waals surface area (Å²) in [5, 5.41) is 13.7. The van der Waals surface area contributed by atoms with Gasteiger partial charge in [-0.3, -0.25) is 0 Å². The van der Waals surface area contributed by atoms with Gasteiger partial charge in [-0.05, 0) is 18.6 Å². The molecule has 0 spiro atoms. The van der Waals surface area contributed by atoms with E-state index in [4.69, 9.17) is 9.94 Å². The Morgan fingerprint density at radius 1 is 1.53 bits per heavy atom. The molecule has 1 aromatic heterocycles. The van der Waals surface area contributed by atoms with Crippen molar-refractivity contribution in [2.24, 2.45) is 5.16 Å². The summed E-state index contributed by atoms with van der Waals surface area (Å²) in [6, 6.07) is 8.01. The second-order valence-electron chi connectivity index (χ2n) is 5.10. The first kappa shape index (κ1) is 11.8. The number of para-hydroxylation sites is 1. The molecule has 2 heterocycles. The molecule has 0 saturated carbocycles. The third kappa shape index (κ3) is 2.07. The van der Waals surface area contributed by atoms with E-state index in [0.717, 1.165) is 16.5 Å². The number of nitrogens with one attached hydrogen (secondary N) is 1. The maximum absolute atomic E-state index is 10.9. The van der Waals surface area contributed by atoms with Crippen LogP contribution in [0.25, 0.3) is 10.9 Å². The lowest BCUT2D eigenvalue weighted by Crippen LogP contribution is -2.29. The van der Waals surface area contributed by atoms with Gasteiger partial charge in [0.1, 0.15) is 5.60 Å². The molecule has 1 atom stereocenters. The minimum Gasteiger partial charge on any atom is -0.477 e. The Kier molecular flexibility index (Phi) is 2.55. The molecular weight excluding hydrogens is 244 g/mol. The van der Waals surface area contributed by atoms with Crippen molar-refractivity contribution in [1.82, 2.24) is 4.98 Å². The fraction of sp³-hybridized carbons (Fsp3) is 0.286. The number of aromatic nitrogens is 1. The molecule has 1 aliphatic heterocycles. The fourth-order valence-electron chi connectivity index (χ4n) is 2.47. The van der Waals surface area contributed by atoms with E-state index >= 15 is 0 Å². The zero-order chi connectivity index (χ0) is 13.5. The largest absolute Gasteiger partial charge is 0.477 e. The highest BCUT2D eigenvalue weighted by molar-refractivity contribution is 6.36. The van der Waals surface area contributed by atoms with Crippen LogP contribution >= 0.6 is 0 Å². The molecule has 0 unspecified atom stereocenters. The third-order valence-corrected chi connectivity index (χ3v) is 3.40. The fourth-order valence-corrected chi connectivity index (χ4v) is 2.47. The van der Waals surface area contributed by atoms with Crippen molar-refractivity contribution in [3.8, 4) is 0 Å². The van der Waals surface area contributed by atoms with Crippen molar-refractivity contribution in [1.29, 1.82) is 0 Å².